The van der Waals surface area contributed by atoms with Gasteiger partial charge in [-0.2, -0.15) is 0 Å². The summed E-state index contributed by atoms with van der Waals surface area (Å²) in [4.78, 5) is 38.0. The maximum Gasteiger partial charge on any atom is 0.410 e. The minimum absolute atomic E-state index is 0.0438. The lowest BCUT2D eigenvalue weighted by Gasteiger charge is -2.41. The van der Waals surface area contributed by atoms with Gasteiger partial charge in [-0.25, -0.2) is 4.79 Å². The van der Waals surface area contributed by atoms with Gasteiger partial charge in [-0.1, -0.05) is 23.4 Å². The SMILES string of the molecule is CC(C)(C)OC(=O)N1CCN(C(C)(C)C#CCOc2cc(C(N)=O)cc([N+](=O)[O-])c2Cl)CC1. The second-order valence-corrected chi connectivity index (χ2v) is 9.41. The zero-order valence-electron chi connectivity index (χ0n) is 19.4. The van der Waals surface area contributed by atoms with E-state index in [9.17, 15) is 19.7 Å². The van der Waals surface area contributed by atoms with Crippen molar-refractivity contribution in [3.05, 3.63) is 32.8 Å². The van der Waals surface area contributed by atoms with Gasteiger partial charge in [0.1, 0.15) is 18.0 Å². The molecule has 0 bridgehead atoms. The molecule has 1 aliphatic heterocycles. The quantitative estimate of drug-likeness (QED) is 0.389. The lowest BCUT2D eigenvalue weighted by Crippen LogP contribution is -2.55. The highest BCUT2D eigenvalue weighted by molar-refractivity contribution is 6.34. The Labute approximate surface area is 198 Å². The molecule has 180 valence electrons. The first-order chi connectivity index (χ1) is 15.2. The molecular formula is C22H29ClN4O6. The number of ether oxygens (including phenoxy) is 2. The zero-order chi connectivity index (χ0) is 25.0. The number of amides is 2. The van der Waals surface area contributed by atoms with Gasteiger partial charge in [0.05, 0.1) is 10.5 Å². The molecule has 2 N–H and O–H groups in total. The predicted octanol–water partition coefficient (Wildman–Crippen LogP) is 3.06. The van der Waals surface area contributed by atoms with Gasteiger partial charge in [0.15, 0.2) is 5.02 Å². The van der Waals surface area contributed by atoms with Crippen LogP contribution in [0.4, 0.5) is 10.5 Å². The first-order valence-corrected chi connectivity index (χ1v) is 10.7. The number of nitro groups is 1. The summed E-state index contributed by atoms with van der Waals surface area (Å²) in [6.07, 6.45) is -0.330. The predicted molar refractivity (Wildman–Crippen MR) is 123 cm³/mol. The number of nitrogens with two attached hydrogens (primary N) is 1. The number of nitrogens with zero attached hydrogens (tertiary/aromatic N) is 3. The number of carbonyl (C=O) groups is 2. The molecule has 0 spiro atoms. The number of rotatable bonds is 5. The van der Waals surface area contributed by atoms with Crippen molar-refractivity contribution in [2.24, 2.45) is 5.73 Å². The summed E-state index contributed by atoms with van der Waals surface area (Å²) in [6, 6.07) is 2.25. The summed E-state index contributed by atoms with van der Waals surface area (Å²) >= 11 is 6.03. The minimum Gasteiger partial charge on any atom is -0.479 e. The monoisotopic (exact) mass is 480 g/mol. The molecule has 0 atom stereocenters. The molecular weight excluding hydrogens is 452 g/mol. The van der Waals surface area contributed by atoms with Crippen molar-refractivity contribution in [2.75, 3.05) is 32.8 Å². The maximum absolute atomic E-state index is 12.2. The fraction of sp³-hybridized carbons (Fsp3) is 0.545. The van der Waals surface area contributed by atoms with Gasteiger partial charge in [-0.3, -0.25) is 19.8 Å². The van der Waals surface area contributed by atoms with Crippen LogP contribution in [0.15, 0.2) is 12.1 Å². The third-order valence-electron chi connectivity index (χ3n) is 4.92. The Bertz CT molecular complexity index is 985. The zero-order valence-corrected chi connectivity index (χ0v) is 20.2. The van der Waals surface area contributed by atoms with Crippen LogP contribution in [0.1, 0.15) is 45.0 Å². The molecule has 1 heterocycles. The highest BCUT2D eigenvalue weighted by Crippen LogP contribution is 2.35. The number of halogens is 1. The Morgan fingerprint density at radius 2 is 1.79 bits per heavy atom. The molecule has 1 aliphatic rings. The Morgan fingerprint density at radius 3 is 2.30 bits per heavy atom. The minimum atomic E-state index is -0.836. The summed E-state index contributed by atoms with van der Waals surface area (Å²) < 4.78 is 10.9. The Hall–Kier alpha value is -3.03. The van der Waals surface area contributed by atoms with Gasteiger partial charge < -0.3 is 20.1 Å². The number of carbonyl (C=O) groups excluding carboxylic acids is 2. The molecule has 0 aliphatic carbocycles. The van der Waals surface area contributed by atoms with Crippen molar-refractivity contribution >= 4 is 29.3 Å². The standard InChI is InChI=1S/C22H29ClN4O6/c1-21(2,3)33-20(29)25-8-10-26(11-9-25)22(4,5)7-6-12-32-17-14-15(19(24)28)13-16(18(17)23)27(30)31/h13-14H,8-12H2,1-5H3,(H2,24,28). The lowest BCUT2D eigenvalue weighted by atomic mass is 10.0. The van der Waals surface area contributed by atoms with Crippen LogP contribution in [-0.2, 0) is 4.74 Å². The normalized spacial score (nSPS) is 14.8. The van der Waals surface area contributed by atoms with E-state index in [-0.39, 0.29) is 29.0 Å². The molecule has 2 amide bonds. The smallest absolute Gasteiger partial charge is 0.410 e. The van der Waals surface area contributed by atoms with Crippen LogP contribution < -0.4 is 10.5 Å². The molecule has 1 fully saturated rings. The highest BCUT2D eigenvalue weighted by Gasteiger charge is 2.31. The van der Waals surface area contributed by atoms with E-state index in [1.807, 2.05) is 34.6 Å². The van der Waals surface area contributed by atoms with E-state index >= 15 is 0 Å². The van der Waals surface area contributed by atoms with Crippen molar-refractivity contribution in [1.82, 2.24) is 9.80 Å². The van der Waals surface area contributed by atoms with Gasteiger partial charge in [0, 0.05) is 37.8 Å². The molecule has 2 rings (SSSR count). The highest BCUT2D eigenvalue weighted by atomic mass is 35.5. The Kier molecular flexibility index (Phi) is 8.16. The summed E-state index contributed by atoms with van der Waals surface area (Å²) in [5.41, 5.74) is 3.62. The summed E-state index contributed by atoms with van der Waals surface area (Å²) in [5.74, 6) is 5.14. The third-order valence-corrected chi connectivity index (χ3v) is 5.30. The van der Waals surface area contributed by atoms with Crippen LogP contribution in [0, 0.1) is 22.0 Å². The summed E-state index contributed by atoms with van der Waals surface area (Å²) in [7, 11) is 0. The van der Waals surface area contributed by atoms with Gasteiger partial charge in [0.2, 0.25) is 5.91 Å². The number of hydrogen-bond donors (Lipinski definition) is 1. The fourth-order valence-electron chi connectivity index (χ4n) is 3.18. The number of benzene rings is 1. The fourth-order valence-corrected chi connectivity index (χ4v) is 3.42. The first-order valence-electron chi connectivity index (χ1n) is 10.3. The number of nitro benzene ring substituents is 1. The molecule has 0 radical (unpaired) electrons. The van der Waals surface area contributed by atoms with Gasteiger partial charge in [-0.15, -0.1) is 0 Å². The molecule has 11 heteroatoms. The largest absolute Gasteiger partial charge is 0.479 e. The van der Waals surface area contributed by atoms with Crippen LogP contribution in [0.5, 0.6) is 5.75 Å². The third kappa shape index (κ3) is 7.23. The molecule has 33 heavy (non-hydrogen) atoms. The molecule has 10 nitrogen and oxygen atoms in total. The van der Waals surface area contributed by atoms with Crippen molar-refractivity contribution in [3.63, 3.8) is 0 Å². The molecule has 0 unspecified atom stereocenters. The molecule has 0 saturated carbocycles. The van der Waals surface area contributed by atoms with Crippen LogP contribution in [0.2, 0.25) is 5.02 Å². The van der Waals surface area contributed by atoms with Crippen LogP contribution in [0.3, 0.4) is 0 Å². The maximum atomic E-state index is 12.2. The number of primary amides is 1. The number of piperazine rings is 1. The van der Waals surface area contributed by atoms with Crippen LogP contribution in [-0.4, -0.2) is 70.6 Å². The molecule has 1 saturated heterocycles. The second kappa shape index (κ2) is 10.3. The lowest BCUT2D eigenvalue weighted by molar-refractivity contribution is -0.384. The van der Waals surface area contributed by atoms with Crippen LogP contribution >= 0.6 is 11.6 Å². The van der Waals surface area contributed by atoms with Gasteiger partial charge in [0.25, 0.3) is 5.69 Å². The molecule has 0 aromatic heterocycles. The average Bonchev–Trinajstić information content (AvgIpc) is 2.70. The van der Waals surface area contributed by atoms with E-state index in [0.717, 1.165) is 6.07 Å². The molecule has 1 aromatic rings. The summed E-state index contributed by atoms with van der Waals surface area (Å²) in [5, 5.41) is 10.9. The average molecular weight is 481 g/mol. The van der Waals surface area contributed by atoms with Crippen molar-refractivity contribution in [2.45, 2.75) is 45.8 Å². The van der Waals surface area contributed by atoms with Crippen molar-refractivity contribution in [3.8, 4) is 17.6 Å². The first kappa shape index (κ1) is 26.2. The second-order valence-electron chi connectivity index (χ2n) is 9.03. The van der Waals surface area contributed by atoms with E-state index in [0.29, 0.717) is 26.2 Å². The Morgan fingerprint density at radius 1 is 1.18 bits per heavy atom. The number of hydrogen-bond acceptors (Lipinski definition) is 7. The van der Waals surface area contributed by atoms with E-state index in [1.54, 1.807) is 4.90 Å². The van der Waals surface area contributed by atoms with Gasteiger partial charge in [-0.05, 0) is 40.7 Å². The van der Waals surface area contributed by atoms with E-state index in [1.165, 1.54) is 6.07 Å². The van der Waals surface area contributed by atoms with Gasteiger partial charge >= 0.3 is 6.09 Å². The van der Waals surface area contributed by atoms with E-state index in [4.69, 9.17) is 26.8 Å². The van der Waals surface area contributed by atoms with E-state index in [2.05, 4.69) is 16.7 Å². The summed E-state index contributed by atoms with van der Waals surface area (Å²) in [6.45, 7) is 11.6. The topological polar surface area (TPSA) is 128 Å². The van der Waals surface area contributed by atoms with Crippen LogP contribution in [0.25, 0.3) is 0 Å². The molecule has 1 aromatic carbocycles. The van der Waals surface area contributed by atoms with Crippen molar-refractivity contribution in [1.29, 1.82) is 0 Å². The Balaban J connectivity index is 2.00. The van der Waals surface area contributed by atoms with Crippen molar-refractivity contribution < 1.29 is 24.0 Å². The van der Waals surface area contributed by atoms with E-state index < -0.39 is 27.7 Å².